The molecule has 0 fully saturated rings. The van der Waals surface area contributed by atoms with E-state index in [1.807, 2.05) is 0 Å². The summed E-state index contributed by atoms with van der Waals surface area (Å²) in [5.41, 5.74) is 5.70. The Bertz CT molecular complexity index is 739. The van der Waals surface area contributed by atoms with Gasteiger partial charge in [0.15, 0.2) is 17.3 Å². The van der Waals surface area contributed by atoms with Crippen molar-refractivity contribution in [1.82, 2.24) is 10.4 Å². The van der Waals surface area contributed by atoms with Gasteiger partial charge in [0.05, 0.1) is 19.0 Å². The molecule has 0 bridgehead atoms. The van der Waals surface area contributed by atoms with Crippen LogP contribution in [0.1, 0.15) is 10.4 Å². The van der Waals surface area contributed by atoms with E-state index in [1.54, 1.807) is 18.2 Å². The van der Waals surface area contributed by atoms with E-state index in [0.717, 1.165) is 6.07 Å². The first-order valence-corrected chi connectivity index (χ1v) is 6.83. The summed E-state index contributed by atoms with van der Waals surface area (Å²) in [6, 6.07) is 6.02. The zero-order valence-electron chi connectivity index (χ0n) is 12.3. The molecule has 0 unspecified atom stereocenters. The second-order valence-corrected chi connectivity index (χ2v) is 4.65. The molecule has 1 aromatic heterocycles. The fraction of sp³-hybridized carbons (Fsp3) is 0.200. The summed E-state index contributed by atoms with van der Waals surface area (Å²) in [5, 5.41) is 0. The maximum absolute atomic E-state index is 13.5. The quantitative estimate of drug-likeness (QED) is 0.836. The molecule has 3 rings (SSSR count). The molecule has 0 saturated carbocycles. The number of hydrazine groups is 1. The average Bonchev–Trinajstić information content (AvgIpc) is 2.59. The predicted molar refractivity (Wildman–Crippen MR) is 79.3 cm³/mol. The van der Waals surface area contributed by atoms with E-state index >= 15 is 0 Å². The molecule has 0 spiro atoms. The van der Waals surface area contributed by atoms with Gasteiger partial charge in [-0.3, -0.25) is 15.6 Å². The summed E-state index contributed by atoms with van der Waals surface area (Å²) < 4.78 is 29.0. The summed E-state index contributed by atoms with van der Waals surface area (Å²) in [7, 11) is 1.32. The van der Waals surface area contributed by atoms with Gasteiger partial charge < -0.3 is 14.2 Å². The third-order valence-electron chi connectivity index (χ3n) is 3.13. The Morgan fingerprint density at radius 3 is 2.78 bits per heavy atom. The molecule has 1 aliphatic heterocycles. The molecule has 2 heterocycles. The van der Waals surface area contributed by atoms with E-state index in [1.165, 1.54) is 13.3 Å². The van der Waals surface area contributed by atoms with Gasteiger partial charge in [0, 0.05) is 11.6 Å². The number of pyridine rings is 1. The molecule has 23 heavy (non-hydrogen) atoms. The SMILES string of the molecule is COc1ncc(NNC(=O)c2ccc3c(c2)OCCO3)cc1F. The lowest BCUT2D eigenvalue weighted by Crippen LogP contribution is -2.29. The molecule has 2 N–H and O–H groups in total. The normalized spacial score (nSPS) is 12.4. The molecule has 1 aromatic carbocycles. The highest BCUT2D eigenvalue weighted by molar-refractivity contribution is 5.95. The predicted octanol–water partition coefficient (Wildman–Crippen LogP) is 1.76. The smallest absolute Gasteiger partial charge is 0.269 e. The van der Waals surface area contributed by atoms with Gasteiger partial charge in [-0.2, -0.15) is 0 Å². The summed E-state index contributed by atoms with van der Waals surface area (Å²) in [4.78, 5) is 15.9. The van der Waals surface area contributed by atoms with E-state index in [-0.39, 0.29) is 11.6 Å². The molecule has 8 heteroatoms. The number of hydrogen-bond acceptors (Lipinski definition) is 6. The van der Waals surface area contributed by atoms with Crippen molar-refractivity contribution in [3.63, 3.8) is 0 Å². The van der Waals surface area contributed by atoms with Gasteiger partial charge in [-0.25, -0.2) is 9.37 Å². The first-order valence-electron chi connectivity index (χ1n) is 6.83. The average molecular weight is 319 g/mol. The summed E-state index contributed by atoms with van der Waals surface area (Å²) in [6.45, 7) is 0.920. The highest BCUT2D eigenvalue weighted by atomic mass is 19.1. The standard InChI is InChI=1S/C15H14FN3O4/c1-21-15-11(16)7-10(8-17-15)18-19-14(20)9-2-3-12-13(6-9)23-5-4-22-12/h2-3,6-8,18H,4-5H2,1H3,(H,19,20). The summed E-state index contributed by atoms with van der Waals surface area (Å²) >= 11 is 0. The molecule has 0 aliphatic carbocycles. The zero-order chi connectivity index (χ0) is 16.2. The molecule has 0 radical (unpaired) electrons. The molecule has 0 atom stereocenters. The van der Waals surface area contributed by atoms with E-state index < -0.39 is 11.7 Å². The molecule has 2 aromatic rings. The van der Waals surface area contributed by atoms with Crippen molar-refractivity contribution >= 4 is 11.6 Å². The highest BCUT2D eigenvalue weighted by Gasteiger charge is 2.15. The van der Waals surface area contributed by atoms with Crippen LogP contribution in [0.2, 0.25) is 0 Å². The first kappa shape index (κ1) is 14.9. The molecular weight excluding hydrogens is 305 g/mol. The fourth-order valence-electron chi connectivity index (χ4n) is 2.03. The number of carbonyl (C=O) groups is 1. The number of aromatic nitrogens is 1. The van der Waals surface area contributed by atoms with Crippen molar-refractivity contribution in [2.45, 2.75) is 0 Å². The number of methoxy groups -OCH3 is 1. The number of nitrogens with one attached hydrogen (secondary N) is 2. The number of fused-ring (bicyclic) bond motifs is 1. The Labute approximate surface area is 131 Å². The minimum absolute atomic E-state index is 0.117. The minimum atomic E-state index is -0.633. The summed E-state index contributed by atoms with van der Waals surface area (Å²) in [6.07, 6.45) is 1.34. The van der Waals surface area contributed by atoms with Crippen molar-refractivity contribution < 1.29 is 23.4 Å². The number of rotatable bonds is 4. The van der Waals surface area contributed by atoms with Crippen LogP contribution in [-0.4, -0.2) is 31.2 Å². The maximum Gasteiger partial charge on any atom is 0.269 e. The molecule has 120 valence electrons. The van der Waals surface area contributed by atoms with Crippen LogP contribution in [0.3, 0.4) is 0 Å². The van der Waals surface area contributed by atoms with E-state index in [4.69, 9.17) is 14.2 Å². The Morgan fingerprint density at radius 2 is 2.04 bits per heavy atom. The molecule has 1 amide bonds. The van der Waals surface area contributed by atoms with Gasteiger partial charge in [-0.05, 0) is 18.2 Å². The van der Waals surface area contributed by atoms with Crippen LogP contribution in [0.4, 0.5) is 10.1 Å². The van der Waals surface area contributed by atoms with Crippen molar-refractivity contribution in [2.24, 2.45) is 0 Å². The summed E-state index contributed by atoms with van der Waals surface area (Å²) in [5.74, 6) is -0.0405. The van der Waals surface area contributed by atoms with Crippen LogP contribution >= 0.6 is 0 Å². The lowest BCUT2D eigenvalue weighted by Gasteiger charge is -2.18. The van der Waals surface area contributed by atoms with Gasteiger partial charge in [-0.1, -0.05) is 0 Å². The lowest BCUT2D eigenvalue weighted by molar-refractivity contribution is 0.0961. The third-order valence-corrected chi connectivity index (χ3v) is 3.13. The van der Waals surface area contributed by atoms with Gasteiger partial charge in [0.25, 0.3) is 5.91 Å². The number of amides is 1. The van der Waals surface area contributed by atoms with Crippen LogP contribution in [0, 0.1) is 5.82 Å². The van der Waals surface area contributed by atoms with E-state index in [0.29, 0.717) is 30.3 Å². The zero-order valence-corrected chi connectivity index (χ0v) is 12.3. The van der Waals surface area contributed by atoms with Crippen LogP contribution in [-0.2, 0) is 0 Å². The fourth-order valence-corrected chi connectivity index (χ4v) is 2.03. The second-order valence-electron chi connectivity index (χ2n) is 4.65. The number of hydrogen-bond donors (Lipinski definition) is 2. The van der Waals surface area contributed by atoms with Crippen LogP contribution in [0.5, 0.6) is 17.4 Å². The van der Waals surface area contributed by atoms with Crippen LogP contribution in [0.15, 0.2) is 30.5 Å². The molecular formula is C15H14FN3O4. The number of benzene rings is 1. The number of anilines is 1. The second kappa shape index (κ2) is 6.39. The van der Waals surface area contributed by atoms with Crippen LogP contribution < -0.4 is 25.1 Å². The topological polar surface area (TPSA) is 81.7 Å². The lowest BCUT2D eigenvalue weighted by atomic mass is 10.2. The van der Waals surface area contributed by atoms with E-state index in [2.05, 4.69) is 15.8 Å². The maximum atomic E-state index is 13.5. The van der Waals surface area contributed by atoms with Crippen molar-refractivity contribution in [3.05, 3.63) is 41.8 Å². The molecule has 1 aliphatic rings. The van der Waals surface area contributed by atoms with Crippen molar-refractivity contribution in [1.29, 1.82) is 0 Å². The van der Waals surface area contributed by atoms with E-state index in [9.17, 15) is 9.18 Å². The number of nitrogens with zero attached hydrogens (tertiary/aromatic N) is 1. The minimum Gasteiger partial charge on any atom is -0.486 e. The number of halogens is 1. The Balaban J connectivity index is 1.66. The molecule has 7 nitrogen and oxygen atoms in total. The van der Waals surface area contributed by atoms with Gasteiger partial charge in [0.1, 0.15) is 13.2 Å². The highest BCUT2D eigenvalue weighted by Crippen LogP contribution is 2.30. The Kier molecular flexibility index (Phi) is 4.13. The van der Waals surface area contributed by atoms with Gasteiger partial charge in [0.2, 0.25) is 5.88 Å². The first-order chi connectivity index (χ1) is 11.2. The Morgan fingerprint density at radius 1 is 1.26 bits per heavy atom. The van der Waals surface area contributed by atoms with Crippen molar-refractivity contribution in [2.75, 3.05) is 25.7 Å². The number of ether oxygens (including phenoxy) is 3. The van der Waals surface area contributed by atoms with Crippen LogP contribution in [0.25, 0.3) is 0 Å². The van der Waals surface area contributed by atoms with Gasteiger partial charge >= 0.3 is 0 Å². The Hall–Kier alpha value is -3.03. The third kappa shape index (κ3) is 3.25. The molecule has 0 saturated heterocycles. The monoisotopic (exact) mass is 319 g/mol. The van der Waals surface area contributed by atoms with Crippen molar-refractivity contribution in [3.8, 4) is 17.4 Å². The largest absolute Gasteiger partial charge is 0.486 e. The number of carbonyl (C=O) groups excluding carboxylic acids is 1. The van der Waals surface area contributed by atoms with Gasteiger partial charge in [-0.15, -0.1) is 0 Å².